The van der Waals surface area contributed by atoms with Gasteiger partial charge in [0.25, 0.3) is 0 Å². The first-order chi connectivity index (χ1) is 11.3. The van der Waals surface area contributed by atoms with Gasteiger partial charge < -0.3 is 14.9 Å². The summed E-state index contributed by atoms with van der Waals surface area (Å²) in [5.74, 6) is 1.25. The first-order valence-electron chi connectivity index (χ1n) is 9.11. The third kappa shape index (κ3) is 5.89. The van der Waals surface area contributed by atoms with Crippen LogP contribution in [0.5, 0.6) is 0 Å². The highest BCUT2D eigenvalue weighted by Gasteiger charge is 2.28. The van der Waals surface area contributed by atoms with Gasteiger partial charge in [0, 0.05) is 24.8 Å². The number of nitrogens with zero attached hydrogens (tertiary/aromatic N) is 2. The Bertz CT molecular complexity index is 526. The van der Waals surface area contributed by atoms with Crippen molar-refractivity contribution in [3.63, 3.8) is 0 Å². The van der Waals surface area contributed by atoms with E-state index in [4.69, 9.17) is 4.52 Å². The fraction of sp³-hybridized carbons (Fsp3) is 0.833. The summed E-state index contributed by atoms with van der Waals surface area (Å²) in [4.78, 5) is 16.3. The minimum atomic E-state index is -0.722. The van der Waals surface area contributed by atoms with Gasteiger partial charge in [-0.15, -0.1) is 0 Å². The summed E-state index contributed by atoms with van der Waals surface area (Å²) in [7, 11) is 0. The van der Waals surface area contributed by atoms with Crippen molar-refractivity contribution in [2.75, 3.05) is 6.54 Å². The highest BCUT2D eigenvalue weighted by molar-refractivity contribution is 5.75. The minimum absolute atomic E-state index is 0.0248. The monoisotopic (exact) mass is 337 g/mol. The fourth-order valence-corrected chi connectivity index (χ4v) is 2.98. The molecule has 6 heteroatoms. The van der Waals surface area contributed by atoms with Crippen LogP contribution in [0.1, 0.15) is 83.9 Å². The first-order valence-corrected chi connectivity index (χ1v) is 9.11. The third-order valence-electron chi connectivity index (χ3n) is 4.58. The van der Waals surface area contributed by atoms with Gasteiger partial charge in [0.1, 0.15) is 0 Å². The van der Waals surface area contributed by atoms with Gasteiger partial charge in [-0.2, -0.15) is 4.98 Å². The van der Waals surface area contributed by atoms with Crippen LogP contribution in [-0.4, -0.2) is 33.3 Å². The zero-order valence-corrected chi connectivity index (χ0v) is 15.2. The number of carbonyl (C=O) groups excluding carboxylic acids is 1. The van der Waals surface area contributed by atoms with Crippen LogP contribution in [0.25, 0.3) is 0 Å². The lowest BCUT2D eigenvalue weighted by molar-refractivity contribution is -0.122. The van der Waals surface area contributed by atoms with E-state index in [2.05, 4.69) is 15.5 Å². The van der Waals surface area contributed by atoms with Crippen LogP contribution in [0.4, 0.5) is 0 Å². The average Bonchev–Trinajstić information content (AvgIpc) is 2.88. The summed E-state index contributed by atoms with van der Waals surface area (Å²) in [5.41, 5.74) is -0.854. The molecule has 0 atom stereocenters. The van der Waals surface area contributed by atoms with Crippen LogP contribution < -0.4 is 5.32 Å². The highest BCUT2D eigenvalue weighted by atomic mass is 16.5. The molecule has 2 N–H and O–H groups in total. The molecule has 1 aromatic rings. The average molecular weight is 337 g/mol. The van der Waals surface area contributed by atoms with Gasteiger partial charge in [-0.3, -0.25) is 4.79 Å². The van der Waals surface area contributed by atoms with E-state index < -0.39 is 5.60 Å². The van der Waals surface area contributed by atoms with Crippen LogP contribution in [0.2, 0.25) is 0 Å². The molecule has 6 nitrogen and oxygen atoms in total. The van der Waals surface area contributed by atoms with Crippen LogP contribution in [0.15, 0.2) is 4.52 Å². The number of nitrogens with one attached hydrogen (secondary N) is 1. The molecule has 0 bridgehead atoms. The zero-order chi connectivity index (χ0) is 17.6. The number of aryl methyl sites for hydroxylation is 1. The van der Waals surface area contributed by atoms with Crippen molar-refractivity contribution in [2.24, 2.45) is 0 Å². The van der Waals surface area contributed by atoms with Crippen molar-refractivity contribution in [2.45, 2.75) is 89.6 Å². The lowest BCUT2D eigenvalue weighted by atomic mass is 9.94. The Labute approximate surface area is 144 Å². The van der Waals surface area contributed by atoms with Crippen LogP contribution >= 0.6 is 0 Å². The molecule has 0 saturated heterocycles. The molecule has 1 aromatic heterocycles. The molecular formula is C18H31N3O3. The summed E-state index contributed by atoms with van der Waals surface area (Å²) in [6.07, 6.45) is 7.67. The molecule has 0 spiro atoms. The Hall–Kier alpha value is -1.43. The summed E-state index contributed by atoms with van der Waals surface area (Å²) in [6.45, 7) is 6.47. The molecule has 0 aliphatic heterocycles. The number of amides is 1. The van der Waals surface area contributed by atoms with Gasteiger partial charge in [0.2, 0.25) is 11.8 Å². The van der Waals surface area contributed by atoms with Gasteiger partial charge >= 0.3 is 0 Å². The lowest BCUT2D eigenvalue weighted by Crippen LogP contribution is -2.42. The van der Waals surface area contributed by atoms with Crippen molar-refractivity contribution in [3.05, 3.63) is 11.7 Å². The fourth-order valence-electron chi connectivity index (χ4n) is 2.98. The summed E-state index contributed by atoms with van der Waals surface area (Å²) < 4.78 is 5.23. The maximum atomic E-state index is 12.0. The van der Waals surface area contributed by atoms with Crippen LogP contribution in [0.3, 0.4) is 0 Å². The molecule has 136 valence electrons. The molecule has 0 aromatic carbocycles. The topological polar surface area (TPSA) is 88.2 Å². The quantitative estimate of drug-likeness (QED) is 0.779. The molecule has 1 fully saturated rings. The van der Waals surface area contributed by atoms with Crippen molar-refractivity contribution in [1.29, 1.82) is 0 Å². The molecule has 0 radical (unpaired) electrons. The SMILES string of the molecule is CC(C)(C)c1noc(CCCC(=O)NCC2(O)CCCCCC2)n1. The van der Waals surface area contributed by atoms with E-state index in [1.54, 1.807) is 0 Å². The number of hydrogen-bond donors (Lipinski definition) is 2. The Kier molecular flexibility index (Phi) is 6.38. The number of hydrogen-bond acceptors (Lipinski definition) is 5. The second-order valence-corrected chi connectivity index (χ2v) is 8.03. The predicted octanol–water partition coefficient (Wildman–Crippen LogP) is 2.89. The maximum absolute atomic E-state index is 12.0. The molecule has 1 amide bonds. The predicted molar refractivity (Wildman–Crippen MR) is 91.6 cm³/mol. The number of aliphatic hydroxyl groups is 1. The van der Waals surface area contributed by atoms with Crippen molar-refractivity contribution in [3.8, 4) is 0 Å². The van der Waals surface area contributed by atoms with Gasteiger partial charge in [0.05, 0.1) is 5.60 Å². The normalized spacial score (nSPS) is 18.2. The van der Waals surface area contributed by atoms with Crippen molar-refractivity contribution < 1.29 is 14.4 Å². The number of rotatable bonds is 6. The van der Waals surface area contributed by atoms with E-state index in [1.165, 1.54) is 12.8 Å². The minimum Gasteiger partial charge on any atom is -0.388 e. The zero-order valence-electron chi connectivity index (χ0n) is 15.2. The second-order valence-electron chi connectivity index (χ2n) is 8.03. The van der Waals surface area contributed by atoms with Crippen LogP contribution in [0, 0.1) is 0 Å². The smallest absolute Gasteiger partial charge is 0.226 e. The number of carbonyl (C=O) groups is 1. The molecule has 1 heterocycles. The van der Waals surface area contributed by atoms with E-state index in [0.717, 1.165) is 25.7 Å². The first kappa shape index (κ1) is 18.9. The lowest BCUT2D eigenvalue weighted by Gasteiger charge is -2.26. The van der Waals surface area contributed by atoms with Crippen LogP contribution in [-0.2, 0) is 16.6 Å². The van der Waals surface area contributed by atoms with E-state index in [1.807, 2.05) is 20.8 Å². The molecule has 1 aliphatic carbocycles. The van der Waals surface area contributed by atoms with E-state index in [-0.39, 0.29) is 11.3 Å². The Morgan fingerprint density at radius 3 is 2.50 bits per heavy atom. The van der Waals surface area contributed by atoms with Gasteiger partial charge in [-0.05, 0) is 19.3 Å². The largest absolute Gasteiger partial charge is 0.388 e. The van der Waals surface area contributed by atoms with Crippen molar-refractivity contribution >= 4 is 5.91 Å². The maximum Gasteiger partial charge on any atom is 0.226 e. The molecule has 2 rings (SSSR count). The highest BCUT2D eigenvalue weighted by Crippen LogP contribution is 2.26. The number of aromatic nitrogens is 2. The second kappa shape index (κ2) is 8.10. The Morgan fingerprint density at radius 1 is 1.25 bits per heavy atom. The standard InChI is InChI=1S/C18H31N3O3/c1-17(2,3)16-20-15(24-21-16)10-8-9-14(22)19-13-18(23)11-6-4-5-7-12-18/h23H,4-13H2,1-3H3,(H,19,22). The molecule has 1 aliphatic rings. The van der Waals surface area contributed by atoms with E-state index in [0.29, 0.717) is 37.5 Å². The third-order valence-corrected chi connectivity index (χ3v) is 4.58. The van der Waals surface area contributed by atoms with Gasteiger partial charge in [-0.25, -0.2) is 0 Å². The van der Waals surface area contributed by atoms with E-state index in [9.17, 15) is 9.90 Å². The summed E-state index contributed by atoms with van der Waals surface area (Å²) in [6, 6.07) is 0. The Morgan fingerprint density at radius 2 is 1.92 bits per heavy atom. The van der Waals surface area contributed by atoms with E-state index >= 15 is 0 Å². The summed E-state index contributed by atoms with van der Waals surface area (Å²) >= 11 is 0. The summed E-state index contributed by atoms with van der Waals surface area (Å²) in [5, 5.41) is 17.4. The van der Waals surface area contributed by atoms with Crippen molar-refractivity contribution in [1.82, 2.24) is 15.5 Å². The molecule has 1 saturated carbocycles. The molecule has 24 heavy (non-hydrogen) atoms. The Balaban J connectivity index is 1.68. The molecular weight excluding hydrogens is 306 g/mol. The van der Waals surface area contributed by atoms with Gasteiger partial charge in [-0.1, -0.05) is 51.6 Å². The van der Waals surface area contributed by atoms with Gasteiger partial charge in [0.15, 0.2) is 5.82 Å². The molecule has 0 unspecified atom stereocenters.